The molecule has 1 amide bonds. The number of hydrogen-bond donors (Lipinski definition) is 2. The lowest BCUT2D eigenvalue weighted by Crippen LogP contribution is -2.34. The molecule has 132 valence electrons. The number of hydrogen-bond acceptors (Lipinski definition) is 5. The molecule has 2 N–H and O–H groups in total. The van der Waals surface area contributed by atoms with Gasteiger partial charge in [-0.15, -0.1) is 0 Å². The molecule has 25 heavy (non-hydrogen) atoms. The summed E-state index contributed by atoms with van der Waals surface area (Å²) in [6, 6.07) is 6.72. The third-order valence-corrected chi connectivity index (χ3v) is 3.27. The number of carboxylic acid groups (broad SMARTS) is 1. The Hall–Kier alpha value is -3.23. The van der Waals surface area contributed by atoms with Crippen molar-refractivity contribution in [3.05, 3.63) is 46.5 Å². The molecule has 0 aliphatic heterocycles. The number of aliphatic carboxylic acids is 1. The summed E-state index contributed by atoms with van der Waals surface area (Å²) < 4.78 is 19.9. The van der Waals surface area contributed by atoms with Crippen LogP contribution in [0.4, 0.5) is 4.39 Å². The summed E-state index contributed by atoms with van der Waals surface area (Å²) in [6.07, 6.45) is -0.231. The Bertz CT molecular complexity index is 850. The second-order valence-electron chi connectivity index (χ2n) is 5.05. The molecule has 0 saturated carbocycles. The molecule has 1 heterocycles. The van der Waals surface area contributed by atoms with Gasteiger partial charge in [-0.05, 0) is 18.2 Å². The van der Waals surface area contributed by atoms with E-state index in [1.807, 2.05) is 0 Å². The molecule has 0 bridgehead atoms. The number of carboxylic acids is 1. The quantitative estimate of drug-likeness (QED) is 0.759. The van der Waals surface area contributed by atoms with Gasteiger partial charge in [-0.25, -0.2) is 9.07 Å². The Morgan fingerprint density at radius 2 is 2.08 bits per heavy atom. The van der Waals surface area contributed by atoms with Crippen molar-refractivity contribution in [3.8, 4) is 17.0 Å². The van der Waals surface area contributed by atoms with Crippen LogP contribution in [0.25, 0.3) is 11.3 Å². The summed E-state index contributed by atoms with van der Waals surface area (Å²) in [6.45, 7) is -0.459. The Morgan fingerprint density at radius 3 is 2.72 bits per heavy atom. The summed E-state index contributed by atoms with van der Waals surface area (Å²) in [5.74, 6) is -1.86. The van der Waals surface area contributed by atoms with Gasteiger partial charge in [0.05, 0.1) is 19.2 Å². The number of halogens is 1. The van der Waals surface area contributed by atoms with Gasteiger partial charge in [0.1, 0.15) is 18.1 Å². The van der Waals surface area contributed by atoms with Crippen LogP contribution in [0.5, 0.6) is 5.75 Å². The molecule has 2 aromatic rings. The Balaban J connectivity index is 2.19. The average molecular weight is 349 g/mol. The summed E-state index contributed by atoms with van der Waals surface area (Å²) in [7, 11) is 1.41. The Labute approximate surface area is 141 Å². The second kappa shape index (κ2) is 8.04. The van der Waals surface area contributed by atoms with Gasteiger partial charge in [-0.2, -0.15) is 5.10 Å². The van der Waals surface area contributed by atoms with Crippen LogP contribution in [0.15, 0.2) is 35.1 Å². The number of nitrogens with zero attached hydrogens (tertiary/aromatic N) is 2. The number of benzene rings is 1. The van der Waals surface area contributed by atoms with Crippen molar-refractivity contribution in [3.63, 3.8) is 0 Å². The monoisotopic (exact) mass is 349 g/mol. The third-order valence-electron chi connectivity index (χ3n) is 3.27. The molecule has 1 aromatic carbocycles. The van der Waals surface area contributed by atoms with Gasteiger partial charge < -0.3 is 15.2 Å². The van der Waals surface area contributed by atoms with Crippen molar-refractivity contribution in [1.82, 2.24) is 15.1 Å². The summed E-state index contributed by atoms with van der Waals surface area (Å²) in [5, 5.41) is 14.9. The number of aromatic nitrogens is 2. The molecule has 8 nitrogen and oxygen atoms in total. The molecule has 0 saturated heterocycles. The van der Waals surface area contributed by atoms with E-state index in [4.69, 9.17) is 9.84 Å². The summed E-state index contributed by atoms with van der Waals surface area (Å²) in [4.78, 5) is 34.0. The van der Waals surface area contributed by atoms with E-state index in [9.17, 15) is 18.8 Å². The Kier molecular flexibility index (Phi) is 5.83. The lowest BCUT2D eigenvalue weighted by atomic mass is 10.1. The van der Waals surface area contributed by atoms with E-state index in [-0.39, 0.29) is 24.2 Å². The van der Waals surface area contributed by atoms with Crippen LogP contribution in [0.1, 0.15) is 6.42 Å². The molecule has 0 fully saturated rings. The minimum Gasteiger partial charge on any atom is -0.497 e. The molecule has 0 unspecified atom stereocenters. The van der Waals surface area contributed by atoms with E-state index in [1.165, 1.54) is 31.4 Å². The predicted octanol–water partition coefficient (Wildman–Crippen LogP) is 0.649. The van der Waals surface area contributed by atoms with E-state index in [2.05, 4.69) is 10.4 Å². The van der Waals surface area contributed by atoms with Crippen molar-refractivity contribution >= 4 is 11.9 Å². The molecular weight excluding hydrogens is 333 g/mol. The topological polar surface area (TPSA) is 111 Å². The van der Waals surface area contributed by atoms with Crippen LogP contribution in [0.3, 0.4) is 0 Å². The third kappa shape index (κ3) is 4.87. The fraction of sp³-hybridized carbons (Fsp3) is 0.250. The zero-order chi connectivity index (χ0) is 18.4. The van der Waals surface area contributed by atoms with Crippen molar-refractivity contribution in [2.24, 2.45) is 0 Å². The van der Waals surface area contributed by atoms with Crippen molar-refractivity contribution in [2.45, 2.75) is 13.0 Å². The van der Waals surface area contributed by atoms with Gasteiger partial charge in [0, 0.05) is 24.2 Å². The number of ether oxygens (including phenoxy) is 1. The van der Waals surface area contributed by atoms with Gasteiger partial charge in [0.25, 0.3) is 5.56 Å². The number of amides is 1. The number of rotatable bonds is 7. The van der Waals surface area contributed by atoms with Crippen LogP contribution < -0.4 is 15.6 Å². The first-order valence-corrected chi connectivity index (χ1v) is 7.31. The molecule has 1 aromatic heterocycles. The predicted molar refractivity (Wildman–Crippen MR) is 85.7 cm³/mol. The normalized spacial score (nSPS) is 10.3. The first-order chi connectivity index (χ1) is 11.9. The van der Waals surface area contributed by atoms with E-state index in [1.54, 1.807) is 6.07 Å². The number of carbonyl (C=O) groups is 2. The number of nitrogens with one attached hydrogen (secondary N) is 1. The molecule has 0 atom stereocenters. The fourth-order valence-electron chi connectivity index (χ4n) is 2.04. The maximum Gasteiger partial charge on any atom is 0.305 e. The SMILES string of the molecule is COc1ccc(-c2ccc(=O)n(CC(=O)NCCC(=O)O)n2)c(F)c1. The highest BCUT2D eigenvalue weighted by Gasteiger charge is 2.12. The van der Waals surface area contributed by atoms with Gasteiger partial charge in [-0.1, -0.05) is 0 Å². The van der Waals surface area contributed by atoms with E-state index in [0.717, 1.165) is 4.68 Å². The second-order valence-corrected chi connectivity index (χ2v) is 5.05. The summed E-state index contributed by atoms with van der Waals surface area (Å²) in [5.41, 5.74) is -0.204. The van der Waals surface area contributed by atoms with E-state index < -0.39 is 29.8 Å². The Morgan fingerprint density at radius 1 is 1.32 bits per heavy atom. The molecule has 2 rings (SSSR count). The van der Waals surface area contributed by atoms with E-state index in [0.29, 0.717) is 5.75 Å². The van der Waals surface area contributed by atoms with Crippen molar-refractivity contribution in [2.75, 3.05) is 13.7 Å². The van der Waals surface area contributed by atoms with Gasteiger partial charge in [-0.3, -0.25) is 14.4 Å². The fourth-order valence-corrected chi connectivity index (χ4v) is 2.04. The van der Waals surface area contributed by atoms with Gasteiger partial charge in [0.2, 0.25) is 5.91 Å². The summed E-state index contributed by atoms with van der Waals surface area (Å²) >= 11 is 0. The lowest BCUT2D eigenvalue weighted by Gasteiger charge is -2.09. The van der Waals surface area contributed by atoms with Crippen LogP contribution in [-0.4, -0.2) is 40.4 Å². The largest absolute Gasteiger partial charge is 0.497 e. The minimum atomic E-state index is -1.05. The lowest BCUT2D eigenvalue weighted by molar-refractivity contribution is -0.136. The average Bonchev–Trinajstić information content (AvgIpc) is 2.56. The molecule has 0 aliphatic carbocycles. The smallest absolute Gasteiger partial charge is 0.305 e. The first-order valence-electron chi connectivity index (χ1n) is 7.31. The highest BCUT2D eigenvalue weighted by atomic mass is 19.1. The van der Waals surface area contributed by atoms with Crippen LogP contribution >= 0.6 is 0 Å². The standard InChI is InChI=1S/C16H16FN3O5/c1-25-10-2-3-11(12(17)8-10)13-4-5-15(22)20(19-13)9-14(21)18-7-6-16(23)24/h2-5,8H,6-7,9H2,1H3,(H,18,21)(H,23,24). The number of methoxy groups -OCH3 is 1. The highest BCUT2D eigenvalue weighted by molar-refractivity contribution is 5.76. The number of carbonyl (C=O) groups excluding carboxylic acids is 1. The molecule has 0 spiro atoms. The van der Waals surface area contributed by atoms with Crippen molar-refractivity contribution in [1.29, 1.82) is 0 Å². The molecule has 0 aliphatic rings. The van der Waals surface area contributed by atoms with Crippen LogP contribution in [-0.2, 0) is 16.1 Å². The van der Waals surface area contributed by atoms with Gasteiger partial charge >= 0.3 is 5.97 Å². The van der Waals surface area contributed by atoms with E-state index >= 15 is 0 Å². The van der Waals surface area contributed by atoms with Gasteiger partial charge in [0.15, 0.2) is 0 Å². The molecule has 0 radical (unpaired) electrons. The molecular formula is C16H16FN3O5. The highest BCUT2D eigenvalue weighted by Crippen LogP contribution is 2.23. The zero-order valence-corrected chi connectivity index (χ0v) is 13.4. The van der Waals surface area contributed by atoms with Crippen LogP contribution in [0.2, 0.25) is 0 Å². The zero-order valence-electron chi connectivity index (χ0n) is 13.4. The maximum atomic E-state index is 14.1. The van der Waals surface area contributed by atoms with Crippen molar-refractivity contribution < 1.29 is 23.8 Å². The molecule has 9 heteroatoms. The maximum absolute atomic E-state index is 14.1. The van der Waals surface area contributed by atoms with Crippen LogP contribution in [0, 0.1) is 5.82 Å². The minimum absolute atomic E-state index is 0.0598. The first kappa shape index (κ1) is 18.1.